The van der Waals surface area contributed by atoms with Crippen molar-refractivity contribution < 1.29 is 9.59 Å². The molecule has 1 aliphatic heterocycles. The van der Waals surface area contributed by atoms with Crippen molar-refractivity contribution in [3.63, 3.8) is 0 Å². The Balaban J connectivity index is 1.47. The monoisotopic (exact) mass is 474 g/mol. The minimum Gasteiger partial charge on any atom is -0.359 e. The minimum absolute atomic E-state index is 0.0387. The number of carbonyl (C=O) groups excluding carboxylic acids is 2. The molecule has 0 saturated carbocycles. The first-order valence-corrected chi connectivity index (χ1v) is 11.5. The third kappa shape index (κ3) is 4.20. The Kier molecular flexibility index (Phi) is 5.90. The van der Waals surface area contributed by atoms with E-state index in [1.165, 1.54) is 0 Å². The number of aromatic nitrogens is 3. The van der Waals surface area contributed by atoms with E-state index in [9.17, 15) is 9.59 Å². The number of aryl methyl sites for hydroxylation is 1. The second kappa shape index (κ2) is 9.15. The van der Waals surface area contributed by atoms with E-state index in [1.807, 2.05) is 48.2 Å². The summed E-state index contributed by atoms with van der Waals surface area (Å²) in [5.74, 6) is -0.315. The highest BCUT2D eigenvalue weighted by atomic mass is 35.5. The summed E-state index contributed by atoms with van der Waals surface area (Å²) in [5.41, 5.74) is 4.08. The van der Waals surface area contributed by atoms with Gasteiger partial charge in [0.2, 0.25) is 5.91 Å². The molecule has 2 aromatic carbocycles. The summed E-state index contributed by atoms with van der Waals surface area (Å²) in [6.45, 7) is 4.13. The fraction of sp³-hybridized carbons (Fsp3) is 0.200. The van der Waals surface area contributed by atoms with Crippen LogP contribution in [0.3, 0.4) is 0 Å². The van der Waals surface area contributed by atoms with Gasteiger partial charge >= 0.3 is 0 Å². The van der Waals surface area contributed by atoms with Crippen LogP contribution < -0.4 is 15.5 Å². The second-order valence-electron chi connectivity index (χ2n) is 8.01. The highest BCUT2D eigenvalue weighted by Gasteiger charge is 2.20. The Morgan fingerprint density at radius 3 is 2.74 bits per heavy atom. The number of rotatable bonds is 5. The van der Waals surface area contributed by atoms with Gasteiger partial charge in [0.1, 0.15) is 0 Å². The maximum Gasteiger partial charge on any atom is 0.256 e. The van der Waals surface area contributed by atoms with Gasteiger partial charge in [-0.1, -0.05) is 41.9 Å². The zero-order chi connectivity index (χ0) is 23.7. The molecule has 0 bridgehead atoms. The molecular weight excluding hydrogens is 452 g/mol. The lowest BCUT2D eigenvalue weighted by Crippen LogP contribution is -2.47. The molecular formula is C25H23ClN6O2. The first-order valence-electron chi connectivity index (χ1n) is 11.1. The van der Waals surface area contributed by atoms with Gasteiger partial charge < -0.3 is 15.5 Å². The molecule has 2 amide bonds. The number of carbonyl (C=O) groups is 2. The molecule has 2 aromatic heterocycles. The molecule has 0 radical (unpaired) electrons. The summed E-state index contributed by atoms with van der Waals surface area (Å²) >= 11 is 6.51. The van der Waals surface area contributed by atoms with Gasteiger partial charge in [0.15, 0.2) is 5.65 Å². The predicted molar refractivity (Wildman–Crippen MR) is 133 cm³/mol. The first kappa shape index (κ1) is 21.9. The number of amides is 2. The SMILES string of the molecule is CCn1ncc2c(C(=O)Nc3ccc(N4CCNC(=O)C4)c(Cl)c3)cc(-c3ccccc3)nc21. The van der Waals surface area contributed by atoms with E-state index in [2.05, 4.69) is 15.7 Å². The normalized spacial score (nSPS) is 13.7. The zero-order valence-corrected chi connectivity index (χ0v) is 19.3. The lowest BCUT2D eigenvalue weighted by atomic mass is 10.1. The third-order valence-corrected chi connectivity index (χ3v) is 6.11. The van der Waals surface area contributed by atoms with Crippen LogP contribution in [0.15, 0.2) is 60.8 Å². The summed E-state index contributed by atoms with van der Waals surface area (Å²) in [4.78, 5) is 31.8. The summed E-state index contributed by atoms with van der Waals surface area (Å²) in [5, 5.41) is 11.3. The van der Waals surface area contributed by atoms with Gasteiger partial charge in [-0.15, -0.1) is 0 Å². The number of nitrogens with one attached hydrogen (secondary N) is 2. The average Bonchev–Trinajstić information content (AvgIpc) is 3.27. The van der Waals surface area contributed by atoms with Crippen molar-refractivity contribution in [1.29, 1.82) is 0 Å². The molecule has 0 atom stereocenters. The highest BCUT2D eigenvalue weighted by molar-refractivity contribution is 6.33. The van der Waals surface area contributed by atoms with E-state index in [4.69, 9.17) is 16.6 Å². The molecule has 2 N–H and O–H groups in total. The van der Waals surface area contributed by atoms with Crippen molar-refractivity contribution in [2.45, 2.75) is 13.5 Å². The fourth-order valence-corrected chi connectivity index (χ4v) is 4.41. The fourth-order valence-electron chi connectivity index (χ4n) is 4.11. The molecule has 4 aromatic rings. The average molecular weight is 475 g/mol. The number of fused-ring (bicyclic) bond motifs is 1. The van der Waals surface area contributed by atoms with Gasteiger partial charge in [0.25, 0.3) is 5.91 Å². The van der Waals surface area contributed by atoms with Gasteiger partial charge in [0.05, 0.1) is 40.1 Å². The van der Waals surface area contributed by atoms with Crippen LogP contribution in [0.5, 0.6) is 0 Å². The van der Waals surface area contributed by atoms with Crippen LogP contribution in [-0.4, -0.2) is 46.2 Å². The molecule has 1 saturated heterocycles. The smallest absolute Gasteiger partial charge is 0.256 e. The van der Waals surface area contributed by atoms with Gasteiger partial charge in [0, 0.05) is 30.9 Å². The van der Waals surface area contributed by atoms with Crippen LogP contribution >= 0.6 is 11.6 Å². The van der Waals surface area contributed by atoms with Gasteiger partial charge in [-0.25, -0.2) is 9.67 Å². The minimum atomic E-state index is -0.276. The quantitative estimate of drug-likeness (QED) is 0.457. The van der Waals surface area contributed by atoms with Crippen molar-refractivity contribution in [1.82, 2.24) is 20.1 Å². The zero-order valence-electron chi connectivity index (χ0n) is 18.6. The number of benzene rings is 2. The Morgan fingerprint density at radius 1 is 1.18 bits per heavy atom. The van der Waals surface area contributed by atoms with Crippen molar-refractivity contribution in [3.05, 3.63) is 71.4 Å². The third-order valence-electron chi connectivity index (χ3n) is 5.81. The Morgan fingerprint density at radius 2 is 2.00 bits per heavy atom. The molecule has 8 nitrogen and oxygen atoms in total. The van der Waals surface area contributed by atoms with Crippen LogP contribution in [0.25, 0.3) is 22.3 Å². The molecule has 1 aliphatic rings. The highest BCUT2D eigenvalue weighted by Crippen LogP contribution is 2.30. The molecule has 0 aliphatic carbocycles. The van der Waals surface area contributed by atoms with Crippen molar-refractivity contribution in [3.8, 4) is 11.3 Å². The number of pyridine rings is 1. The van der Waals surface area contributed by atoms with E-state index in [0.29, 0.717) is 52.6 Å². The number of nitrogens with zero attached hydrogens (tertiary/aromatic N) is 4. The van der Waals surface area contributed by atoms with E-state index in [1.54, 1.807) is 29.1 Å². The van der Waals surface area contributed by atoms with Crippen LogP contribution in [0.2, 0.25) is 5.02 Å². The van der Waals surface area contributed by atoms with Gasteiger partial charge in [-0.3, -0.25) is 9.59 Å². The predicted octanol–water partition coefficient (Wildman–Crippen LogP) is 3.96. The Labute approximate surface area is 201 Å². The molecule has 0 spiro atoms. The number of hydrogen-bond acceptors (Lipinski definition) is 5. The summed E-state index contributed by atoms with van der Waals surface area (Å²) in [6, 6.07) is 16.8. The first-order chi connectivity index (χ1) is 16.5. The van der Waals surface area contributed by atoms with E-state index in [0.717, 1.165) is 11.3 Å². The number of piperazine rings is 1. The van der Waals surface area contributed by atoms with Gasteiger partial charge in [-0.2, -0.15) is 5.10 Å². The van der Waals surface area contributed by atoms with E-state index >= 15 is 0 Å². The van der Waals surface area contributed by atoms with Crippen LogP contribution in [-0.2, 0) is 11.3 Å². The molecule has 9 heteroatoms. The standard InChI is InChI=1S/C25H23ClN6O2/c1-2-32-24-19(14-28-32)18(13-21(30-24)16-6-4-3-5-7-16)25(34)29-17-8-9-22(20(26)12-17)31-11-10-27-23(33)15-31/h3-9,12-14H,2,10-11,15H2,1H3,(H,27,33)(H,29,34). The Hall–Kier alpha value is -3.91. The summed E-state index contributed by atoms with van der Waals surface area (Å²) in [6.07, 6.45) is 1.67. The maximum atomic E-state index is 13.4. The second-order valence-corrected chi connectivity index (χ2v) is 8.42. The van der Waals surface area contributed by atoms with Crippen molar-refractivity contribution >= 4 is 45.8 Å². The van der Waals surface area contributed by atoms with Crippen LogP contribution in [0.1, 0.15) is 17.3 Å². The number of anilines is 2. The topological polar surface area (TPSA) is 92.2 Å². The van der Waals surface area contributed by atoms with Crippen LogP contribution in [0, 0.1) is 0 Å². The van der Waals surface area contributed by atoms with Crippen molar-refractivity contribution in [2.24, 2.45) is 0 Å². The lowest BCUT2D eigenvalue weighted by Gasteiger charge is -2.29. The van der Waals surface area contributed by atoms with Crippen molar-refractivity contribution in [2.75, 3.05) is 29.9 Å². The number of halogens is 1. The molecule has 172 valence electrons. The summed E-state index contributed by atoms with van der Waals surface area (Å²) < 4.78 is 1.78. The molecule has 3 heterocycles. The van der Waals surface area contributed by atoms with E-state index in [-0.39, 0.29) is 18.4 Å². The molecule has 5 rings (SSSR count). The molecule has 34 heavy (non-hydrogen) atoms. The Bertz CT molecular complexity index is 1390. The number of hydrogen-bond donors (Lipinski definition) is 2. The lowest BCUT2D eigenvalue weighted by molar-refractivity contribution is -0.120. The largest absolute Gasteiger partial charge is 0.359 e. The van der Waals surface area contributed by atoms with Crippen LogP contribution in [0.4, 0.5) is 11.4 Å². The van der Waals surface area contributed by atoms with Gasteiger partial charge in [-0.05, 0) is 31.2 Å². The molecule has 1 fully saturated rings. The summed E-state index contributed by atoms with van der Waals surface area (Å²) in [7, 11) is 0. The van der Waals surface area contributed by atoms with E-state index < -0.39 is 0 Å². The molecule has 0 unspecified atom stereocenters. The maximum absolute atomic E-state index is 13.4.